The number of benzene rings is 1. The summed E-state index contributed by atoms with van der Waals surface area (Å²) < 4.78 is 16.3. The maximum atomic E-state index is 5.92. The van der Waals surface area contributed by atoms with Crippen LogP contribution in [-0.4, -0.2) is 15.0 Å². The Labute approximate surface area is 155 Å². The van der Waals surface area contributed by atoms with E-state index in [1.807, 2.05) is 36.4 Å². The van der Waals surface area contributed by atoms with E-state index in [2.05, 4.69) is 15.0 Å². The van der Waals surface area contributed by atoms with Crippen molar-refractivity contribution in [3.05, 3.63) is 83.4 Å². The molecular weight excluding hydrogens is 354 g/mol. The number of rotatable bonds is 7. The Morgan fingerprint density at radius 1 is 0.846 bits per heavy atom. The van der Waals surface area contributed by atoms with Gasteiger partial charge in [-0.25, -0.2) is 0 Å². The molecule has 132 valence electrons. The average molecular weight is 370 g/mol. The van der Waals surface area contributed by atoms with Gasteiger partial charge in [0.1, 0.15) is 11.5 Å². The molecule has 0 unspecified atom stereocenters. The Balaban J connectivity index is 1.50. The van der Waals surface area contributed by atoms with Gasteiger partial charge in [-0.15, -0.1) is 0 Å². The Hall–Kier alpha value is -2.83. The van der Waals surface area contributed by atoms with Gasteiger partial charge in [0, 0.05) is 10.6 Å². The van der Waals surface area contributed by atoms with E-state index in [-0.39, 0.29) is 0 Å². The first kappa shape index (κ1) is 16.6. The summed E-state index contributed by atoms with van der Waals surface area (Å²) in [6.07, 6.45) is 3.32. The summed E-state index contributed by atoms with van der Waals surface area (Å²) in [4.78, 5) is 6.60. The lowest BCUT2D eigenvalue weighted by Crippen LogP contribution is -2.22. The lowest BCUT2D eigenvalue weighted by Gasteiger charge is -2.17. The summed E-state index contributed by atoms with van der Waals surface area (Å²) in [5, 5.41) is 4.75. The molecule has 0 spiro atoms. The van der Waals surface area contributed by atoms with Crippen LogP contribution in [0.4, 0.5) is 0 Å². The van der Waals surface area contributed by atoms with E-state index < -0.39 is 0 Å². The largest absolute Gasteiger partial charge is 0.468 e. The van der Waals surface area contributed by atoms with Crippen LogP contribution in [0.1, 0.15) is 17.3 Å². The van der Waals surface area contributed by atoms with Crippen LogP contribution < -0.4 is 0 Å². The summed E-state index contributed by atoms with van der Waals surface area (Å²) in [5.74, 6) is 2.77. The second kappa shape index (κ2) is 7.59. The quantitative estimate of drug-likeness (QED) is 0.467. The highest BCUT2D eigenvalue weighted by Crippen LogP contribution is 2.21. The monoisotopic (exact) mass is 369 g/mol. The minimum Gasteiger partial charge on any atom is -0.468 e. The molecule has 0 amide bonds. The zero-order valence-corrected chi connectivity index (χ0v) is 14.6. The molecule has 4 rings (SSSR count). The van der Waals surface area contributed by atoms with Crippen molar-refractivity contribution in [1.82, 2.24) is 15.0 Å². The van der Waals surface area contributed by atoms with E-state index in [1.54, 1.807) is 24.7 Å². The van der Waals surface area contributed by atoms with Crippen LogP contribution in [0.2, 0.25) is 5.02 Å². The second-order valence-corrected chi connectivity index (χ2v) is 6.26. The molecule has 0 fully saturated rings. The van der Waals surface area contributed by atoms with Gasteiger partial charge < -0.3 is 13.4 Å². The van der Waals surface area contributed by atoms with Gasteiger partial charge in [0.05, 0.1) is 32.2 Å². The van der Waals surface area contributed by atoms with Crippen molar-refractivity contribution in [2.24, 2.45) is 0 Å². The van der Waals surface area contributed by atoms with Crippen molar-refractivity contribution < 1.29 is 13.4 Å². The molecule has 0 radical (unpaired) electrons. The lowest BCUT2D eigenvalue weighted by atomic mass is 10.2. The van der Waals surface area contributed by atoms with Crippen LogP contribution in [0.5, 0.6) is 0 Å². The Morgan fingerprint density at radius 3 is 2.08 bits per heavy atom. The predicted molar refractivity (Wildman–Crippen MR) is 95.1 cm³/mol. The number of aromatic nitrogens is 2. The van der Waals surface area contributed by atoms with Crippen molar-refractivity contribution in [3.8, 4) is 11.5 Å². The van der Waals surface area contributed by atoms with E-state index >= 15 is 0 Å². The third-order valence-corrected chi connectivity index (χ3v) is 4.10. The molecule has 6 nitrogen and oxygen atoms in total. The Bertz CT molecular complexity index is 895. The zero-order valence-electron chi connectivity index (χ0n) is 13.8. The molecule has 0 saturated heterocycles. The van der Waals surface area contributed by atoms with Crippen LogP contribution in [0.25, 0.3) is 11.5 Å². The Kier molecular flexibility index (Phi) is 4.86. The van der Waals surface area contributed by atoms with Crippen molar-refractivity contribution in [2.45, 2.75) is 19.6 Å². The van der Waals surface area contributed by atoms with Crippen LogP contribution in [0.3, 0.4) is 0 Å². The van der Waals surface area contributed by atoms with Crippen LogP contribution >= 0.6 is 11.6 Å². The molecule has 26 heavy (non-hydrogen) atoms. The summed E-state index contributed by atoms with van der Waals surface area (Å²) in [5.41, 5.74) is 0.830. The molecule has 0 aliphatic carbocycles. The molecule has 3 aromatic heterocycles. The maximum Gasteiger partial charge on any atom is 0.257 e. The minimum atomic E-state index is 0.465. The van der Waals surface area contributed by atoms with E-state index in [0.717, 1.165) is 17.1 Å². The maximum absolute atomic E-state index is 5.92. The van der Waals surface area contributed by atoms with E-state index in [0.29, 0.717) is 36.4 Å². The average Bonchev–Trinajstić information content (AvgIpc) is 3.38. The summed E-state index contributed by atoms with van der Waals surface area (Å²) in [6.45, 7) is 1.72. The van der Waals surface area contributed by atoms with Crippen molar-refractivity contribution >= 4 is 11.6 Å². The highest BCUT2D eigenvalue weighted by Gasteiger charge is 2.16. The van der Waals surface area contributed by atoms with E-state index in [4.69, 9.17) is 25.0 Å². The third kappa shape index (κ3) is 4.04. The lowest BCUT2D eigenvalue weighted by molar-refractivity contribution is 0.202. The third-order valence-electron chi connectivity index (χ3n) is 3.84. The molecule has 1 aromatic carbocycles. The highest BCUT2D eigenvalue weighted by atomic mass is 35.5. The van der Waals surface area contributed by atoms with Crippen molar-refractivity contribution in [2.75, 3.05) is 0 Å². The van der Waals surface area contributed by atoms with Gasteiger partial charge in [0.15, 0.2) is 5.82 Å². The molecular formula is C19H16ClN3O3. The summed E-state index contributed by atoms with van der Waals surface area (Å²) in [6, 6.07) is 14.9. The van der Waals surface area contributed by atoms with Gasteiger partial charge in [0.25, 0.3) is 5.89 Å². The first-order valence-corrected chi connectivity index (χ1v) is 8.50. The van der Waals surface area contributed by atoms with Gasteiger partial charge in [-0.2, -0.15) is 4.98 Å². The molecule has 0 saturated carbocycles. The van der Waals surface area contributed by atoms with Crippen molar-refractivity contribution in [3.63, 3.8) is 0 Å². The van der Waals surface area contributed by atoms with Crippen LogP contribution in [0, 0.1) is 0 Å². The number of nitrogens with zero attached hydrogens (tertiary/aromatic N) is 3. The molecule has 0 bridgehead atoms. The Morgan fingerprint density at radius 2 is 1.50 bits per heavy atom. The molecule has 0 atom stereocenters. The highest BCUT2D eigenvalue weighted by molar-refractivity contribution is 6.30. The zero-order chi connectivity index (χ0) is 17.8. The fraction of sp³-hybridized carbons (Fsp3) is 0.158. The second-order valence-electron chi connectivity index (χ2n) is 5.83. The molecule has 0 aliphatic rings. The van der Waals surface area contributed by atoms with Crippen LogP contribution in [-0.2, 0) is 19.6 Å². The fourth-order valence-electron chi connectivity index (χ4n) is 2.64. The molecule has 4 aromatic rings. The summed E-state index contributed by atoms with van der Waals surface area (Å²) >= 11 is 5.92. The van der Waals surface area contributed by atoms with Gasteiger partial charge in [-0.3, -0.25) is 4.90 Å². The van der Waals surface area contributed by atoms with Gasteiger partial charge in [0.2, 0.25) is 0 Å². The number of hydrogen-bond acceptors (Lipinski definition) is 6. The topological polar surface area (TPSA) is 68.4 Å². The predicted octanol–water partition coefficient (Wildman–Crippen LogP) is 4.78. The standard InChI is InChI=1S/C19H16ClN3O3/c20-15-7-5-14(6-8-15)19-21-18(22-26-19)13-23(11-16-3-1-9-24-16)12-17-4-2-10-25-17/h1-10H,11-13H2. The first-order chi connectivity index (χ1) is 12.8. The number of halogens is 1. The van der Waals surface area contributed by atoms with Gasteiger partial charge >= 0.3 is 0 Å². The van der Waals surface area contributed by atoms with Crippen LogP contribution in [0.15, 0.2) is 74.4 Å². The van der Waals surface area contributed by atoms with Gasteiger partial charge in [-0.05, 0) is 48.5 Å². The SMILES string of the molecule is Clc1ccc(-c2nc(CN(Cc3ccco3)Cc3ccco3)no2)cc1. The first-order valence-electron chi connectivity index (χ1n) is 8.12. The summed E-state index contributed by atoms with van der Waals surface area (Å²) in [7, 11) is 0. The number of hydrogen-bond donors (Lipinski definition) is 0. The van der Waals surface area contributed by atoms with Gasteiger partial charge in [-0.1, -0.05) is 16.8 Å². The fourth-order valence-corrected chi connectivity index (χ4v) is 2.77. The minimum absolute atomic E-state index is 0.465. The van der Waals surface area contributed by atoms with E-state index in [1.165, 1.54) is 0 Å². The molecule has 3 heterocycles. The normalized spacial score (nSPS) is 11.3. The molecule has 0 N–H and O–H groups in total. The number of furan rings is 2. The molecule has 0 aliphatic heterocycles. The van der Waals surface area contributed by atoms with Crippen molar-refractivity contribution in [1.29, 1.82) is 0 Å². The van der Waals surface area contributed by atoms with E-state index in [9.17, 15) is 0 Å². The molecule has 7 heteroatoms. The smallest absolute Gasteiger partial charge is 0.257 e.